The molecular weight excluding hydrogens is 485 g/mol. The number of amides is 1. The van der Waals surface area contributed by atoms with Gasteiger partial charge in [-0.15, -0.1) is 0 Å². The summed E-state index contributed by atoms with van der Waals surface area (Å²) in [6.07, 6.45) is 2.61. The molecule has 1 amide bonds. The van der Waals surface area contributed by atoms with Crippen molar-refractivity contribution < 1.29 is 18.7 Å². The van der Waals surface area contributed by atoms with Crippen molar-refractivity contribution in [2.24, 2.45) is 0 Å². The predicted octanol–water partition coefficient (Wildman–Crippen LogP) is 3.92. The number of benzene rings is 1. The summed E-state index contributed by atoms with van der Waals surface area (Å²) in [7, 11) is 3.87. The van der Waals surface area contributed by atoms with Crippen molar-refractivity contribution in [2.45, 2.75) is 70.5 Å². The van der Waals surface area contributed by atoms with E-state index >= 15 is 0 Å². The Morgan fingerprint density at radius 2 is 2.00 bits per heavy atom. The first-order valence-electron chi connectivity index (χ1n) is 12.3. The summed E-state index contributed by atoms with van der Waals surface area (Å²) in [5.41, 5.74) is 4.33. The average Bonchev–Trinajstić information content (AvgIpc) is 3.45. The third kappa shape index (κ3) is 3.67. The lowest BCUT2D eigenvalue weighted by atomic mass is 10.00. The molecule has 5 heterocycles. The maximum absolute atomic E-state index is 14.3. The quantitative estimate of drug-likeness (QED) is 0.526. The van der Waals surface area contributed by atoms with Gasteiger partial charge in [0, 0.05) is 37.2 Å². The predicted molar refractivity (Wildman–Crippen MR) is 132 cm³/mol. The van der Waals surface area contributed by atoms with Gasteiger partial charge in [0.1, 0.15) is 17.7 Å². The Labute approximate surface area is 213 Å². The van der Waals surface area contributed by atoms with Crippen LogP contribution in [-0.4, -0.2) is 68.8 Å². The molecule has 4 unspecified atom stereocenters. The van der Waals surface area contributed by atoms with Gasteiger partial charge in [-0.25, -0.2) is 13.9 Å². The van der Waals surface area contributed by atoms with E-state index < -0.39 is 5.82 Å². The first-order valence-corrected chi connectivity index (χ1v) is 12.7. The molecule has 2 saturated heterocycles. The molecule has 8 nitrogen and oxygen atoms in total. The number of hydrogen-bond donors (Lipinski definition) is 0. The van der Waals surface area contributed by atoms with Crippen LogP contribution in [0.15, 0.2) is 18.2 Å². The van der Waals surface area contributed by atoms with Crippen LogP contribution in [0, 0.1) is 19.7 Å². The third-order valence-electron chi connectivity index (χ3n) is 8.09. The fourth-order valence-electron chi connectivity index (χ4n) is 6.10. The number of ether oxygens (including phenoxy) is 2. The molecule has 0 radical (unpaired) electrons. The highest BCUT2D eigenvalue weighted by Gasteiger charge is 2.46. The monoisotopic (exact) mass is 513 g/mol. The zero-order chi connectivity index (χ0) is 25.3. The summed E-state index contributed by atoms with van der Waals surface area (Å²) >= 11 is 6.35. The van der Waals surface area contributed by atoms with E-state index in [1.165, 1.54) is 18.2 Å². The van der Waals surface area contributed by atoms with Crippen molar-refractivity contribution in [3.63, 3.8) is 0 Å². The van der Waals surface area contributed by atoms with Gasteiger partial charge in [-0.05, 0) is 45.9 Å². The number of likely N-dealkylation sites (N-methyl/N-ethyl adjacent to an activating group) is 1. The number of methoxy groups -OCH3 is 1. The van der Waals surface area contributed by atoms with Crippen LogP contribution in [0.3, 0.4) is 0 Å². The van der Waals surface area contributed by atoms with Gasteiger partial charge in [-0.1, -0.05) is 11.6 Å². The minimum Gasteiger partial charge on any atom is -0.489 e. The van der Waals surface area contributed by atoms with Crippen LogP contribution < -0.4 is 4.74 Å². The van der Waals surface area contributed by atoms with Gasteiger partial charge in [0.25, 0.3) is 5.91 Å². The Kier molecular flexibility index (Phi) is 5.70. The molecule has 2 bridgehead atoms. The van der Waals surface area contributed by atoms with Gasteiger partial charge in [0.05, 0.1) is 46.9 Å². The summed E-state index contributed by atoms with van der Waals surface area (Å²) in [6, 6.07) is 4.75. The number of halogens is 2. The summed E-state index contributed by atoms with van der Waals surface area (Å²) in [4.78, 5) is 22.3. The summed E-state index contributed by atoms with van der Waals surface area (Å²) in [6.45, 7) is 4.48. The molecule has 4 atom stereocenters. The summed E-state index contributed by atoms with van der Waals surface area (Å²) in [5.74, 6) is -0.353. The number of rotatable bonds is 4. The third-order valence-corrected chi connectivity index (χ3v) is 8.63. The number of carbonyl (C=O) groups excluding carboxylic acids is 1. The smallest absolute Gasteiger partial charge is 0.258 e. The van der Waals surface area contributed by atoms with Crippen molar-refractivity contribution in [1.29, 1.82) is 0 Å². The van der Waals surface area contributed by atoms with Gasteiger partial charge in [0.2, 0.25) is 0 Å². The van der Waals surface area contributed by atoms with Crippen LogP contribution in [0.25, 0.3) is 5.65 Å². The number of piperidine rings is 1. The number of nitrogens with zero attached hydrogens (tertiary/aromatic N) is 5. The Bertz CT molecular complexity index is 1380. The maximum atomic E-state index is 14.3. The Hall–Kier alpha value is -2.75. The molecule has 190 valence electrons. The second kappa shape index (κ2) is 8.68. The molecule has 3 aliphatic heterocycles. The number of fused-ring (bicyclic) bond motifs is 5. The minimum absolute atomic E-state index is 0.107. The van der Waals surface area contributed by atoms with Crippen molar-refractivity contribution >= 4 is 23.2 Å². The normalized spacial score (nSPS) is 25.6. The van der Waals surface area contributed by atoms with Crippen LogP contribution in [0.1, 0.15) is 52.3 Å². The Morgan fingerprint density at radius 3 is 2.78 bits per heavy atom. The van der Waals surface area contributed by atoms with Crippen molar-refractivity contribution in [1.82, 2.24) is 24.4 Å². The van der Waals surface area contributed by atoms with Gasteiger partial charge in [-0.2, -0.15) is 5.10 Å². The SMILES string of the molecule is COC1CC2CC(Oc3cc(F)ccc3C(=O)N3Cc4nn5c(C)c(Cl)c(C)nc5c4C3)CC1N2C. The molecule has 2 aromatic heterocycles. The van der Waals surface area contributed by atoms with E-state index in [4.69, 9.17) is 21.1 Å². The van der Waals surface area contributed by atoms with E-state index in [9.17, 15) is 9.18 Å². The molecule has 3 aromatic rings. The van der Waals surface area contributed by atoms with Crippen molar-refractivity contribution in [3.8, 4) is 5.75 Å². The van der Waals surface area contributed by atoms with Crippen molar-refractivity contribution in [3.05, 3.63) is 57.2 Å². The van der Waals surface area contributed by atoms with Crippen LogP contribution in [0.2, 0.25) is 5.02 Å². The van der Waals surface area contributed by atoms with Gasteiger partial charge >= 0.3 is 0 Å². The maximum Gasteiger partial charge on any atom is 0.258 e. The molecule has 0 saturated carbocycles. The largest absolute Gasteiger partial charge is 0.489 e. The fourth-order valence-corrected chi connectivity index (χ4v) is 6.22. The highest BCUT2D eigenvalue weighted by atomic mass is 35.5. The van der Waals surface area contributed by atoms with Crippen LogP contribution in [0.4, 0.5) is 4.39 Å². The topological polar surface area (TPSA) is 72.2 Å². The molecule has 10 heteroatoms. The molecular formula is C26H29ClFN5O3. The van der Waals surface area contributed by atoms with Gasteiger partial charge in [-0.3, -0.25) is 9.69 Å². The Morgan fingerprint density at radius 1 is 1.19 bits per heavy atom. The fraction of sp³-hybridized carbons (Fsp3) is 0.500. The standard InChI is InChI=1S/C26H29ClFN5O3/c1-13-24(27)14(2)33-25(29-13)19-11-32(12-20(19)30-33)26(34)18-6-5-15(28)7-22(18)36-17-8-16-9-23(35-4)21(10-17)31(16)3/h5-7,16-17,21,23H,8-12H2,1-4H3. The van der Waals surface area contributed by atoms with Crippen molar-refractivity contribution in [2.75, 3.05) is 14.2 Å². The zero-order valence-electron chi connectivity index (χ0n) is 20.8. The van der Waals surface area contributed by atoms with Crippen LogP contribution in [0.5, 0.6) is 5.75 Å². The molecule has 0 aliphatic carbocycles. The zero-order valence-corrected chi connectivity index (χ0v) is 21.5. The number of aromatic nitrogens is 3. The number of hydrogen-bond acceptors (Lipinski definition) is 6. The first-order chi connectivity index (χ1) is 17.2. The molecule has 0 spiro atoms. The number of carbonyl (C=O) groups is 1. The molecule has 2 fully saturated rings. The Balaban J connectivity index is 1.25. The highest BCUT2D eigenvalue weighted by Crippen LogP contribution is 2.38. The first kappa shape index (κ1) is 23.6. The van der Waals surface area contributed by atoms with E-state index in [-0.39, 0.29) is 24.2 Å². The summed E-state index contributed by atoms with van der Waals surface area (Å²) < 4.78 is 28.0. The lowest BCUT2D eigenvalue weighted by molar-refractivity contribution is 0.0235. The molecule has 1 aromatic carbocycles. The minimum atomic E-state index is -0.429. The molecule has 0 N–H and O–H groups in total. The number of aryl methyl sites for hydroxylation is 2. The second-order valence-electron chi connectivity index (χ2n) is 10.2. The van der Waals surface area contributed by atoms with E-state index in [1.54, 1.807) is 16.5 Å². The van der Waals surface area contributed by atoms with E-state index in [2.05, 4.69) is 22.0 Å². The molecule has 6 rings (SSSR count). The van der Waals surface area contributed by atoms with Gasteiger partial charge < -0.3 is 14.4 Å². The average molecular weight is 514 g/mol. The van der Waals surface area contributed by atoms with Crippen LogP contribution in [-0.2, 0) is 17.8 Å². The second-order valence-corrected chi connectivity index (χ2v) is 10.5. The van der Waals surface area contributed by atoms with Crippen LogP contribution >= 0.6 is 11.6 Å². The summed E-state index contributed by atoms with van der Waals surface area (Å²) in [5, 5.41) is 5.25. The van der Waals surface area contributed by atoms with Gasteiger partial charge in [0.15, 0.2) is 5.65 Å². The van der Waals surface area contributed by atoms with E-state index in [0.29, 0.717) is 41.1 Å². The van der Waals surface area contributed by atoms with E-state index in [1.807, 2.05) is 13.8 Å². The molecule has 36 heavy (non-hydrogen) atoms. The lowest BCUT2D eigenvalue weighted by Crippen LogP contribution is -2.46. The lowest BCUT2D eigenvalue weighted by Gasteiger charge is -2.37. The highest BCUT2D eigenvalue weighted by molar-refractivity contribution is 6.31. The molecule has 3 aliphatic rings. The van der Waals surface area contributed by atoms with E-state index in [0.717, 1.165) is 41.9 Å².